The van der Waals surface area contributed by atoms with Gasteiger partial charge < -0.3 is 113 Å². The Hall–Kier alpha value is -9.95. The van der Waals surface area contributed by atoms with Gasteiger partial charge in [-0.05, 0) is 118 Å². The molecule has 0 aliphatic rings. The van der Waals surface area contributed by atoms with Gasteiger partial charge in [0.2, 0.25) is 94.5 Å². The van der Waals surface area contributed by atoms with Gasteiger partial charge in [-0.1, -0.05) is 140 Å². The van der Waals surface area contributed by atoms with Gasteiger partial charge in [0.1, 0.15) is 78.5 Å². The Kier molecular flexibility index (Phi) is 47.6. The minimum absolute atomic E-state index is 0.0224. The zero-order chi connectivity index (χ0) is 86.8. The van der Waals surface area contributed by atoms with E-state index < -0.39 is 241 Å². The Bertz CT molecular complexity index is 3340. The van der Waals surface area contributed by atoms with E-state index in [0.29, 0.717) is 24.8 Å². The van der Waals surface area contributed by atoms with Crippen LogP contribution in [0.4, 0.5) is 0 Å². The normalized spacial score (nSPS) is 15.3. The van der Waals surface area contributed by atoms with Crippen molar-refractivity contribution in [1.29, 1.82) is 0 Å². The van der Waals surface area contributed by atoms with Gasteiger partial charge in [0.15, 0.2) is 0 Å². The van der Waals surface area contributed by atoms with E-state index in [1.165, 1.54) is 6.92 Å². The van der Waals surface area contributed by atoms with Crippen molar-refractivity contribution in [3.63, 3.8) is 0 Å². The van der Waals surface area contributed by atoms with Crippen LogP contribution in [0.25, 0.3) is 0 Å². The maximum Gasteiger partial charge on any atom is 0.305 e. The number of rotatable bonds is 55. The molecule has 0 unspecified atom stereocenters. The predicted molar refractivity (Wildman–Crippen MR) is 423 cm³/mol. The Morgan fingerprint density at radius 3 is 1.18 bits per heavy atom. The first-order valence-electron chi connectivity index (χ1n) is 39.2. The molecular weight excluding hydrogens is 1480 g/mol. The number of hydrogen-bond donors (Lipinski definition) is 21. The van der Waals surface area contributed by atoms with Crippen molar-refractivity contribution in [1.82, 2.24) is 79.8 Å². The highest BCUT2D eigenvalue weighted by Crippen LogP contribution is 2.17. The molecule has 0 saturated carbocycles. The molecular formula is C76H131N19O19. The molecule has 1 aromatic rings. The van der Waals surface area contributed by atoms with Crippen molar-refractivity contribution in [3.05, 3.63) is 35.9 Å². The summed E-state index contributed by atoms with van der Waals surface area (Å²) >= 11 is 0. The standard InChI is InChI=1S/C76H131N19O19/c1-16-44(13)62(72(110)82-36-56(98)81-37-57(99)84-50(64(80)102)31-39(3)4)94-74(112)61(43(11)12)93-71(109)54(38-96)90-65(103)46(15)83-73(111)59(41(7)8)91-67(105)49(28-22-24-30-78)86-66(104)48(27-21-23-29-77)87-76(114)63(45(14)17-2)95-75(113)60(42(9)10)92-70(108)53(34-58(100)101)89-69(107)52(33-47-25-19-18-20-26-47)88-68(106)51(32-40(5)6)85-55(97)35-79/h18-20,25-26,39-46,48-54,59-63,96H,16-17,21-24,27-38,77-79H2,1-15H3,(H2,80,102)(H,81,98)(H,82,110)(H,83,111)(H,84,99)(H,85,97)(H,86,104)(H,87,114)(H,88,106)(H,89,107)(H,90,103)(H,91,105)(H,92,108)(H,93,109)(H,94,112)(H,95,113)(H,100,101)/t44-,45-,46-,48-,49-,50-,51-,52-,53-,54-,59-,60-,61-,62-,63-/m0/s1. The van der Waals surface area contributed by atoms with Gasteiger partial charge >= 0.3 is 5.97 Å². The number of carboxylic acids is 1. The van der Waals surface area contributed by atoms with Crippen LogP contribution in [0.5, 0.6) is 0 Å². The highest BCUT2D eigenvalue weighted by molar-refractivity contribution is 6.01. The van der Waals surface area contributed by atoms with Gasteiger partial charge in [-0.25, -0.2) is 0 Å². The molecule has 0 saturated heterocycles. The van der Waals surface area contributed by atoms with E-state index in [1.54, 1.807) is 99.6 Å². The van der Waals surface area contributed by atoms with Gasteiger partial charge in [-0.2, -0.15) is 0 Å². The molecule has 114 heavy (non-hydrogen) atoms. The third-order valence-corrected chi connectivity index (χ3v) is 18.8. The lowest BCUT2D eigenvalue weighted by molar-refractivity contribution is -0.142. The summed E-state index contributed by atoms with van der Waals surface area (Å²) in [6.45, 7) is 22.5. The minimum atomic E-state index is -1.84. The number of hydrogen-bond acceptors (Lipinski definition) is 21. The number of aliphatic hydroxyl groups excluding tert-OH is 1. The van der Waals surface area contributed by atoms with E-state index in [-0.39, 0.29) is 76.3 Å². The second-order valence-electron chi connectivity index (χ2n) is 30.6. The molecule has 1 rings (SSSR count). The minimum Gasteiger partial charge on any atom is -0.481 e. The summed E-state index contributed by atoms with van der Waals surface area (Å²) in [5.74, 6) is -18.6. The zero-order valence-corrected chi connectivity index (χ0v) is 68.8. The largest absolute Gasteiger partial charge is 0.481 e. The second kappa shape index (κ2) is 53.2. The number of carbonyl (C=O) groups is 17. The fraction of sp³-hybridized carbons (Fsp3) is 0.697. The summed E-state index contributed by atoms with van der Waals surface area (Å²) in [5.41, 5.74) is 23.2. The highest BCUT2D eigenvalue weighted by atomic mass is 16.4. The van der Waals surface area contributed by atoms with Crippen LogP contribution in [0.2, 0.25) is 0 Å². The molecule has 0 heterocycles. The summed E-state index contributed by atoms with van der Waals surface area (Å²) in [7, 11) is 0. The van der Waals surface area contributed by atoms with Gasteiger partial charge in [-0.3, -0.25) is 81.5 Å². The fourth-order valence-corrected chi connectivity index (χ4v) is 11.6. The average Bonchev–Trinajstić information content (AvgIpc) is 0.849. The SMILES string of the molecule is CC[C@H](C)[C@H](NC(=O)[C@@H](NC(=O)[C@H](CO)NC(=O)[C@H](C)NC(=O)[C@@H](NC(=O)[C@H](CCCCN)NC(=O)[C@H](CCCCN)NC(=O)[C@@H](NC(=O)[C@@H](NC(=O)[C@H](CC(=O)O)NC(=O)[C@H](Cc1ccccc1)NC(=O)[C@H](CC(C)C)NC(=O)CN)C(C)C)[C@@H](C)CC)C(C)C)C(C)C)C(=O)NCC(=O)NCC(=O)N[C@@H](CC(C)C)C(N)=O. The van der Waals surface area contributed by atoms with E-state index >= 15 is 0 Å². The lowest BCUT2D eigenvalue weighted by Gasteiger charge is -2.31. The molecule has 644 valence electrons. The smallest absolute Gasteiger partial charge is 0.305 e. The summed E-state index contributed by atoms with van der Waals surface area (Å²) < 4.78 is 0. The van der Waals surface area contributed by atoms with Crippen LogP contribution in [0.3, 0.4) is 0 Å². The van der Waals surface area contributed by atoms with Crippen molar-refractivity contribution < 1.29 is 91.7 Å². The fourth-order valence-electron chi connectivity index (χ4n) is 11.6. The topological polar surface area (TPSA) is 615 Å². The van der Waals surface area contributed by atoms with Gasteiger partial charge in [-0.15, -0.1) is 0 Å². The molecule has 0 aliphatic heterocycles. The Morgan fingerprint density at radius 1 is 0.368 bits per heavy atom. The van der Waals surface area contributed by atoms with Crippen LogP contribution in [-0.2, 0) is 87.9 Å². The van der Waals surface area contributed by atoms with E-state index in [0.717, 1.165) is 0 Å². The monoisotopic (exact) mass is 1610 g/mol. The van der Waals surface area contributed by atoms with E-state index in [2.05, 4.69) is 79.8 Å². The Morgan fingerprint density at radius 2 is 0.737 bits per heavy atom. The number of carbonyl (C=O) groups excluding carboxylic acids is 16. The maximum absolute atomic E-state index is 14.6. The molecule has 0 fully saturated rings. The van der Waals surface area contributed by atoms with Crippen LogP contribution in [0.15, 0.2) is 30.3 Å². The number of nitrogens with one attached hydrogen (secondary N) is 15. The summed E-state index contributed by atoms with van der Waals surface area (Å²) in [6, 6.07) is -9.73. The van der Waals surface area contributed by atoms with Crippen molar-refractivity contribution in [2.24, 2.45) is 64.4 Å². The van der Waals surface area contributed by atoms with Crippen molar-refractivity contribution in [2.45, 2.75) is 259 Å². The van der Waals surface area contributed by atoms with Crippen molar-refractivity contribution in [3.8, 4) is 0 Å². The molecule has 38 nitrogen and oxygen atoms in total. The maximum atomic E-state index is 14.6. The van der Waals surface area contributed by atoms with Crippen LogP contribution in [-0.4, -0.2) is 229 Å². The lowest BCUT2D eigenvalue weighted by Crippen LogP contribution is -2.62. The van der Waals surface area contributed by atoms with Crippen molar-refractivity contribution in [2.75, 3.05) is 39.3 Å². The quantitative estimate of drug-likeness (QED) is 0.0277. The molecule has 15 atom stereocenters. The molecule has 25 N–H and O–H groups in total. The van der Waals surface area contributed by atoms with Crippen LogP contribution < -0.4 is 103 Å². The Labute approximate surface area is 668 Å². The predicted octanol–water partition coefficient (Wildman–Crippen LogP) is -3.89. The number of primary amides is 1. The van der Waals surface area contributed by atoms with E-state index in [1.807, 2.05) is 27.7 Å². The molecule has 1 aromatic carbocycles. The third-order valence-electron chi connectivity index (χ3n) is 18.8. The van der Waals surface area contributed by atoms with Crippen LogP contribution in [0, 0.1) is 41.4 Å². The average molecular weight is 1610 g/mol. The number of nitrogens with two attached hydrogens (primary N) is 4. The number of benzene rings is 1. The molecule has 38 heteroatoms. The van der Waals surface area contributed by atoms with E-state index in [4.69, 9.17) is 22.9 Å². The molecule has 0 aliphatic carbocycles. The first-order valence-corrected chi connectivity index (χ1v) is 39.2. The Balaban J connectivity index is 3.44. The van der Waals surface area contributed by atoms with E-state index in [9.17, 15) is 91.7 Å². The first kappa shape index (κ1) is 102. The first-order chi connectivity index (χ1) is 53.5. The molecule has 0 bridgehead atoms. The molecule has 0 radical (unpaired) electrons. The van der Waals surface area contributed by atoms with Gasteiger partial charge in [0.05, 0.1) is 32.7 Å². The number of aliphatic hydroxyl groups is 1. The molecule has 0 spiro atoms. The van der Waals surface area contributed by atoms with Gasteiger partial charge in [0, 0.05) is 6.42 Å². The summed E-state index contributed by atoms with van der Waals surface area (Å²) in [6.07, 6.45) is 1.20. The lowest BCUT2D eigenvalue weighted by atomic mass is 9.95. The summed E-state index contributed by atoms with van der Waals surface area (Å²) in [4.78, 5) is 231. The number of amides is 16. The van der Waals surface area contributed by atoms with Crippen LogP contribution in [0.1, 0.15) is 180 Å². The summed E-state index contributed by atoms with van der Waals surface area (Å²) in [5, 5.41) is 58.5. The molecule has 16 amide bonds. The number of aliphatic carboxylic acids is 1. The zero-order valence-electron chi connectivity index (χ0n) is 68.8. The molecule has 0 aromatic heterocycles. The number of carboxylic acid groups (broad SMARTS) is 1. The van der Waals surface area contributed by atoms with Crippen molar-refractivity contribution >= 4 is 100 Å². The second-order valence-corrected chi connectivity index (χ2v) is 30.6. The van der Waals surface area contributed by atoms with Crippen LogP contribution >= 0.6 is 0 Å². The van der Waals surface area contributed by atoms with Gasteiger partial charge in [0.25, 0.3) is 0 Å². The third kappa shape index (κ3) is 37.8. The number of unbranched alkanes of at least 4 members (excludes halogenated alkanes) is 2. The highest BCUT2D eigenvalue weighted by Gasteiger charge is 2.40.